The summed E-state index contributed by atoms with van der Waals surface area (Å²) in [6, 6.07) is 5.96. The van der Waals surface area contributed by atoms with Crippen molar-refractivity contribution in [1.82, 2.24) is 4.90 Å². The van der Waals surface area contributed by atoms with Crippen molar-refractivity contribution in [1.29, 1.82) is 0 Å². The second-order valence-electron chi connectivity index (χ2n) is 4.08. The molecule has 1 unspecified atom stereocenters. The Labute approximate surface area is 107 Å². The zero-order chi connectivity index (χ0) is 12.1. The molecule has 2 N–H and O–H groups in total. The molecule has 2 nitrogen and oxygen atoms in total. The van der Waals surface area contributed by atoms with Crippen molar-refractivity contribution in [2.24, 2.45) is 5.73 Å². The standard InChI is InChI=1S/C12H18Cl2N2/c1-16(2)12(4-3-7-15)10-6-5-9(13)8-11(10)14/h5-6,8,12H,3-4,7,15H2,1-2H3. The van der Waals surface area contributed by atoms with Crippen LogP contribution in [0.4, 0.5) is 0 Å². The molecule has 0 aliphatic carbocycles. The van der Waals surface area contributed by atoms with Gasteiger partial charge in [-0.25, -0.2) is 0 Å². The number of benzene rings is 1. The average Bonchev–Trinajstić information content (AvgIpc) is 2.20. The lowest BCUT2D eigenvalue weighted by Gasteiger charge is -2.25. The van der Waals surface area contributed by atoms with Crippen LogP contribution in [0.5, 0.6) is 0 Å². The van der Waals surface area contributed by atoms with Gasteiger partial charge in [0.1, 0.15) is 0 Å². The molecule has 0 bridgehead atoms. The first kappa shape index (κ1) is 13.8. The molecule has 0 aromatic heterocycles. The van der Waals surface area contributed by atoms with Crippen LogP contribution in [-0.2, 0) is 0 Å². The second-order valence-corrected chi connectivity index (χ2v) is 4.92. The predicted octanol–water partition coefficient (Wildman–Crippen LogP) is 3.34. The van der Waals surface area contributed by atoms with Crippen molar-refractivity contribution in [3.05, 3.63) is 33.8 Å². The van der Waals surface area contributed by atoms with Crippen LogP contribution in [0.15, 0.2) is 18.2 Å². The molecule has 16 heavy (non-hydrogen) atoms. The Balaban J connectivity index is 2.92. The zero-order valence-corrected chi connectivity index (χ0v) is 11.2. The highest BCUT2D eigenvalue weighted by Gasteiger charge is 2.16. The summed E-state index contributed by atoms with van der Waals surface area (Å²) in [7, 11) is 4.10. The lowest BCUT2D eigenvalue weighted by atomic mass is 10.0. The maximum atomic E-state index is 6.20. The van der Waals surface area contributed by atoms with Crippen LogP contribution >= 0.6 is 23.2 Å². The SMILES string of the molecule is CN(C)C(CCCN)c1ccc(Cl)cc1Cl. The first-order valence-electron chi connectivity index (χ1n) is 5.37. The van der Waals surface area contributed by atoms with Gasteiger partial charge < -0.3 is 10.6 Å². The number of hydrogen-bond acceptors (Lipinski definition) is 2. The van der Waals surface area contributed by atoms with Gasteiger partial charge in [0.2, 0.25) is 0 Å². The molecular formula is C12H18Cl2N2. The first-order valence-corrected chi connectivity index (χ1v) is 6.13. The molecule has 0 aliphatic heterocycles. The summed E-state index contributed by atoms with van der Waals surface area (Å²) in [6.45, 7) is 0.704. The maximum absolute atomic E-state index is 6.20. The van der Waals surface area contributed by atoms with Crippen LogP contribution in [0.2, 0.25) is 10.0 Å². The van der Waals surface area contributed by atoms with Gasteiger partial charge in [0.15, 0.2) is 0 Å². The highest BCUT2D eigenvalue weighted by Crippen LogP contribution is 2.31. The molecule has 0 fully saturated rings. The van der Waals surface area contributed by atoms with E-state index in [1.807, 2.05) is 26.2 Å². The Morgan fingerprint density at radius 2 is 2.00 bits per heavy atom. The van der Waals surface area contributed by atoms with Gasteiger partial charge in [0, 0.05) is 16.1 Å². The lowest BCUT2D eigenvalue weighted by molar-refractivity contribution is 0.280. The molecule has 0 saturated carbocycles. The van der Waals surface area contributed by atoms with Gasteiger partial charge in [-0.1, -0.05) is 29.3 Å². The molecule has 1 rings (SSSR count). The second kappa shape index (κ2) is 6.45. The van der Waals surface area contributed by atoms with Crippen LogP contribution in [-0.4, -0.2) is 25.5 Å². The summed E-state index contributed by atoms with van der Waals surface area (Å²) in [5.74, 6) is 0. The van der Waals surface area contributed by atoms with E-state index in [-0.39, 0.29) is 0 Å². The normalized spacial score (nSPS) is 13.1. The Hall–Kier alpha value is -0.280. The molecule has 0 saturated heterocycles. The van der Waals surface area contributed by atoms with E-state index in [1.165, 1.54) is 0 Å². The van der Waals surface area contributed by atoms with Crippen molar-refractivity contribution in [2.45, 2.75) is 18.9 Å². The molecule has 4 heteroatoms. The Morgan fingerprint density at radius 3 is 2.50 bits per heavy atom. The smallest absolute Gasteiger partial charge is 0.0468 e. The third kappa shape index (κ3) is 3.63. The topological polar surface area (TPSA) is 29.3 Å². The highest BCUT2D eigenvalue weighted by atomic mass is 35.5. The van der Waals surface area contributed by atoms with Crippen LogP contribution in [0, 0.1) is 0 Å². The van der Waals surface area contributed by atoms with Gasteiger partial charge >= 0.3 is 0 Å². The van der Waals surface area contributed by atoms with Gasteiger partial charge in [-0.3, -0.25) is 0 Å². The number of rotatable bonds is 5. The third-order valence-corrected chi connectivity index (χ3v) is 3.19. The molecule has 0 amide bonds. The molecule has 0 spiro atoms. The number of nitrogens with zero attached hydrogens (tertiary/aromatic N) is 1. The van der Waals surface area contributed by atoms with Gasteiger partial charge in [-0.2, -0.15) is 0 Å². The van der Waals surface area contributed by atoms with Gasteiger partial charge in [-0.15, -0.1) is 0 Å². The van der Waals surface area contributed by atoms with Crippen LogP contribution in [0.3, 0.4) is 0 Å². The molecular weight excluding hydrogens is 243 g/mol. The van der Waals surface area contributed by atoms with E-state index in [0.717, 1.165) is 23.4 Å². The molecule has 0 aliphatic rings. The molecule has 1 aromatic carbocycles. The monoisotopic (exact) mass is 260 g/mol. The van der Waals surface area contributed by atoms with E-state index >= 15 is 0 Å². The fourth-order valence-corrected chi connectivity index (χ4v) is 2.31. The highest BCUT2D eigenvalue weighted by molar-refractivity contribution is 6.35. The minimum absolute atomic E-state index is 0.299. The van der Waals surface area contributed by atoms with E-state index < -0.39 is 0 Å². The molecule has 1 atom stereocenters. The summed E-state index contributed by atoms with van der Waals surface area (Å²) < 4.78 is 0. The van der Waals surface area contributed by atoms with E-state index in [0.29, 0.717) is 17.6 Å². The summed E-state index contributed by atoms with van der Waals surface area (Å²) in [5.41, 5.74) is 6.66. The summed E-state index contributed by atoms with van der Waals surface area (Å²) in [6.07, 6.45) is 1.99. The lowest BCUT2D eigenvalue weighted by Crippen LogP contribution is -2.21. The van der Waals surface area contributed by atoms with E-state index in [2.05, 4.69) is 4.90 Å². The summed E-state index contributed by atoms with van der Waals surface area (Å²) in [4.78, 5) is 2.16. The van der Waals surface area contributed by atoms with Gasteiger partial charge in [-0.05, 0) is 51.2 Å². The van der Waals surface area contributed by atoms with Crippen molar-refractivity contribution in [3.63, 3.8) is 0 Å². The molecule has 1 aromatic rings. The molecule has 0 heterocycles. The zero-order valence-electron chi connectivity index (χ0n) is 9.71. The molecule has 0 radical (unpaired) electrons. The maximum Gasteiger partial charge on any atom is 0.0468 e. The first-order chi connectivity index (χ1) is 7.56. The fourth-order valence-electron chi connectivity index (χ4n) is 1.77. The number of nitrogens with two attached hydrogens (primary N) is 1. The Bertz CT molecular complexity index is 340. The number of halogens is 2. The van der Waals surface area contributed by atoms with Crippen molar-refractivity contribution in [2.75, 3.05) is 20.6 Å². The minimum atomic E-state index is 0.299. The largest absolute Gasteiger partial charge is 0.330 e. The Kier molecular flexibility index (Phi) is 5.56. The Morgan fingerprint density at radius 1 is 1.31 bits per heavy atom. The van der Waals surface area contributed by atoms with Crippen LogP contribution in [0.1, 0.15) is 24.4 Å². The van der Waals surface area contributed by atoms with Crippen molar-refractivity contribution >= 4 is 23.2 Å². The van der Waals surface area contributed by atoms with Crippen molar-refractivity contribution in [3.8, 4) is 0 Å². The minimum Gasteiger partial charge on any atom is -0.330 e. The summed E-state index contributed by atoms with van der Waals surface area (Å²) in [5, 5.41) is 1.40. The fraction of sp³-hybridized carbons (Fsp3) is 0.500. The quantitative estimate of drug-likeness (QED) is 0.880. The third-order valence-electron chi connectivity index (χ3n) is 2.63. The van der Waals surface area contributed by atoms with Gasteiger partial charge in [0.25, 0.3) is 0 Å². The van der Waals surface area contributed by atoms with Crippen LogP contribution in [0.25, 0.3) is 0 Å². The number of hydrogen-bond donors (Lipinski definition) is 1. The molecule has 90 valence electrons. The van der Waals surface area contributed by atoms with E-state index in [4.69, 9.17) is 28.9 Å². The van der Waals surface area contributed by atoms with Gasteiger partial charge in [0.05, 0.1) is 0 Å². The average molecular weight is 261 g/mol. The summed E-state index contributed by atoms with van der Waals surface area (Å²) >= 11 is 12.1. The predicted molar refractivity (Wildman–Crippen MR) is 71.2 cm³/mol. The van der Waals surface area contributed by atoms with Crippen molar-refractivity contribution < 1.29 is 0 Å². The van der Waals surface area contributed by atoms with Crippen LogP contribution < -0.4 is 5.73 Å². The van der Waals surface area contributed by atoms with E-state index in [9.17, 15) is 0 Å². The van der Waals surface area contributed by atoms with E-state index in [1.54, 1.807) is 6.07 Å².